The zero-order chi connectivity index (χ0) is 8.85. The lowest BCUT2D eigenvalue weighted by Gasteiger charge is -2.01. The van der Waals surface area contributed by atoms with Gasteiger partial charge in [-0.25, -0.2) is 4.79 Å². The summed E-state index contributed by atoms with van der Waals surface area (Å²) in [5, 5.41) is 16.8. The lowest BCUT2D eigenvalue weighted by molar-refractivity contribution is -0.132. The van der Waals surface area contributed by atoms with Gasteiger partial charge in [0, 0.05) is 6.42 Å². The Balaban J connectivity index is 4.82. The zero-order valence-corrected chi connectivity index (χ0v) is 6.42. The van der Waals surface area contributed by atoms with E-state index in [0.717, 1.165) is 0 Å². The summed E-state index contributed by atoms with van der Waals surface area (Å²) >= 11 is 0. The minimum Gasteiger partial charge on any atom is -0.499 e. The number of hydrogen-bond acceptors (Lipinski definition) is 3. The minimum atomic E-state index is -1.24. The van der Waals surface area contributed by atoms with Crippen LogP contribution in [0.3, 0.4) is 0 Å². The third-order valence-corrected chi connectivity index (χ3v) is 1.17. The van der Waals surface area contributed by atoms with Gasteiger partial charge in [0.15, 0.2) is 5.57 Å². The zero-order valence-electron chi connectivity index (χ0n) is 6.42. The quantitative estimate of drug-likeness (QED) is 0.373. The molecule has 0 aromatic rings. The molecule has 0 aliphatic rings. The van der Waals surface area contributed by atoms with E-state index in [2.05, 4.69) is 0 Å². The van der Waals surface area contributed by atoms with Gasteiger partial charge in [-0.15, -0.1) is 0 Å². The molecule has 0 heterocycles. The smallest absolute Gasteiger partial charge is 0.349 e. The lowest BCUT2D eigenvalue weighted by atomic mass is 10.2. The predicted molar refractivity (Wildman–Crippen MR) is 37.6 cm³/mol. The highest BCUT2D eigenvalue weighted by Crippen LogP contribution is 2.08. The summed E-state index contributed by atoms with van der Waals surface area (Å²) in [5.41, 5.74) is -0.324. The molecule has 4 nitrogen and oxygen atoms in total. The van der Waals surface area contributed by atoms with Crippen LogP contribution in [0.2, 0.25) is 0 Å². The Morgan fingerprint density at radius 2 is 2.27 bits per heavy atom. The third kappa shape index (κ3) is 2.30. The Labute approximate surface area is 64.7 Å². The number of nitrogens with zero attached hydrogens (tertiary/aromatic N) is 1. The second-order valence-electron chi connectivity index (χ2n) is 1.77. The monoisotopic (exact) mass is 155 g/mol. The molecular weight excluding hydrogens is 146 g/mol. The van der Waals surface area contributed by atoms with Crippen molar-refractivity contribution in [1.29, 1.82) is 5.26 Å². The molecule has 11 heavy (non-hydrogen) atoms. The van der Waals surface area contributed by atoms with E-state index in [-0.39, 0.29) is 11.3 Å². The fourth-order valence-electron chi connectivity index (χ4n) is 0.653. The number of aliphatic carboxylic acids is 1. The molecule has 0 bridgehead atoms. The number of carbonyl (C=O) groups is 1. The molecule has 0 amide bonds. The second-order valence-corrected chi connectivity index (χ2v) is 1.77. The number of carboxylic acids is 1. The highest BCUT2D eigenvalue weighted by atomic mass is 16.5. The molecular formula is C7H9NO3. The van der Waals surface area contributed by atoms with E-state index in [4.69, 9.17) is 15.1 Å². The van der Waals surface area contributed by atoms with E-state index >= 15 is 0 Å². The molecule has 0 unspecified atom stereocenters. The molecule has 4 heteroatoms. The van der Waals surface area contributed by atoms with Crippen LogP contribution in [0.1, 0.15) is 13.3 Å². The van der Waals surface area contributed by atoms with Gasteiger partial charge in [-0.2, -0.15) is 5.26 Å². The summed E-state index contributed by atoms with van der Waals surface area (Å²) in [6.07, 6.45) is 0.408. The van der Waals surface area contributed by atoms with Crippen molar-refractivity contribution in [3.05, 3.63) is 11.3 Å². The molecule has 0 radical (unpaired) electrons. The normalized spacial score (nSPS) is 11.4. The van der Waals surface area contributed by atoms with Crippen molar-refractivity contribution in [2.75, 3.05) is 7.11 Å². The van der Waals surface area contributed by atoms with Crippen molar-refractivity contribution in [2.45, 2.75) is 13.3 Å². The second kappa shape index (κ2) is 4.34. The Morgan fingerprint density at radius 3 is 2.36 bits per heavy atom. The number of rotatable bonds is 3. The number of allylic oxidation sites excluding steroid dienone is 1. The first kappa shape index (κ1) is 9.50. The van der Waals surface area contributed by atoms with Gasteiger partial charge < -0.3 is 9.84 Å². The van der Waals surface area contributed by atoms with E-state index in [1.165, 1.54) is 7.11 Å². The summed E-state index contributed by atoms with van der Waals surface area (Å²) in [5.74, 6) is -1.04. The Kier molecular flexibility index (Phi) is 3.75. The molecule has 0 saturated heterocycles. The molecule has 0 atom stereocenters. The van der Waals surface area contributed by atoms with Crippen LogP contribution in [0.25, 0.3) is 0 Å². The molecule has 0 aliphatic carbocycles. The van der Waals surface area contributed by atoms with Crippen LogP contribution in [0.5, 0.6) is 0 Å². The van der Waals surface area contributed by atoms with Gasteiger partial charge in [-0.1, -0.05) is 6.92 Å². The molecule has 0 spiro atoms. The van der Waals surface area contributed by atoms with E-state index in [0.29, 0.717) is 6.42 Å². The Hall–Kier alpha value is -1.50. The van der Waals surface area contributed by atoms with E-state index < -0.39 is 5.97 Å². The van der Waals surface area contributed by atoms with Gasteiger partial charge in [0.05, 0.1) is 7.11 Å². The van der Waals surface area contributed by atoms with E-state index in [1.807, 2.05) is 0 Å². The number of hydrogen-bond donors (Lipinski definition) is 1. The van der Waals surface area contributed by atoms with Crippen molar-refractivity contribution in [3.63, 3.8) is 0 Å². The van der Waals surface area contributed by atoms with Crippen LogP contribution >= 0.6 is 0 Å². The molecule has 0 aromatic carbocycles. The van der Waals surface area contributed by atoms with E-state index in [1.54, 1.807) is 13.0 Å². The molecule has 0 saturated carbocycles. The van der Waals surface area contributed by atoms with Crippen LogP contribution in [0.15, 0.2) is 11.3 Å². The van der Waals surface area contributed by atoms with Crippen LogP contribution in [0.4, 0.5) is 0 Å². The van der Waals surface area contributed by atoms with Crippen LogP contribution in [0, 0.1) is 11.3 Å². The predicted octanol–water partition coefficient (Wildman–Crippen LogP) is 0.905. The van der Waals surface area contributed by atoms with Crippen molar-refractivity contribution < 1.29 is 14.6 Å². The van der Waals surface area contributed by atoms with Crippen molar-refractivity contribution in [3.8, 4) is 6.07 Å². The summed E-state index contributed by atoms with van der Waals surface area (Å²) in [6.45, 7) is 1.72. The summed E-state index contributed by atoms with van der Waals surface area (Å²) in [4.78, 5) is 10.3. The lowest BCUT2D eigenvalue weighted by Crippen LogP contribution is -2.03. The third-order valence-electron chi connectivity index (χ3n) is 1.17. The summed E-state index contributed by atoms with van der Waals surface area (Å²) in [7, 11) is 1.35. The van der Waals surface area contributed by atoms with Gasteiger partial charge in [-0.05, 0) is 0 Å². The van der Waals surface area contributed by atoms with E-state index in [9.17, 15) is 4.79 Å². The molecule has 0 aromatic heterocycles. The largest absolute Gasteiger partial charge is 0.499 e. The van der Waals surface area contributed by atoms with Gasteiger partial charge in [0.1, 0.15) is 11.8 Å². The van der Waals surface area contributed by atoms with Crippen molar-refractivity contribution in [2.24, 2.45) is 0 Å². The SMILES string of the molecule is CCC(OC)=C(C#N)C(=O)O. The van der Waals surface area contributed by atoms with Gasteiger partial charge in [0.25, 0.3) is 0 Å². The van der Waals surface area contributed by atoms with Crippen LogP contribution in [-0.4, -0.2) is 18.2 Å². The number of carboxylic acid groups (broad SMARTS) is 1. The average Bonchev–Trinajstić information content (AvgIpc) is 1.99. The summed E-state index contributed by atoms with van der Waals surface area (Å²) in [6, 6.07) is 1.56. The van der Waals surface area contributed by atoms with Gasteiger partial charge in [0.2, 0.25) is 0 Å². The van der Waals surface area contributed by atoms with Crippen molar-refractivity contribution in [1.82, 2.24) is 0 Å². The number of methoxy groups -OCH3 is 1. The van der Waals surface area contributed by atoms with Crippen LogP contribution < -0.4 is 0 Å². The molecule has 60 valence electrons. The molecule has 0 aliphatic heterocycles. The highest BCUT2D eigenvalue weighted by molar-refractivity contribution is 5.91. The highest BCUT2D eigenvalue weighted by Gasteiger charge is 2.12. The molecule has 0 fully saturated rings. The maximum Gasteiger partial charge on any atom is 0.349 e. The van der Waals surface area contributed by atoms with Gasteiger partial charge >= 0.3 is 5.97 Å². The number of ether oxygens (including phenoxy) is 1. The average molecular weight is 155 g/mol. The van der Waals surface area contributed by atoms with Crippen LogP contribution in [-0.2, 0) is 9.53 Å². The van der Waals surface area contributed by atoms with Crippen molar-refractivity contribution >= 4 is 5.97 Å². The fraction of sp³-hybridized carbons (Fsp3) is 0.429. The first-order valence-corrected chi connectivity index (χ1v) is 3.07. The molecule has 0 rings (SSSR count). The fourth-order valence-corrected chi connectivity index (χ4v) is 0.653. The summed E-state index contributed by atoms with van der Waals surface area (Å²) < 4.78 is 4.69. The Bertz CT molecular complexity index is 218. The maximum atomic E-state index is 10.3. The Morgan fingerprint density at radius 1 is 1.73 bits per heavy atom. The minimum absolute atomic E-state index is 0.208. The number of nitriles is 1. The standard InChI is InChI=1S/C7H9NO3/c1-3-6(11-2)5(4-8)7(9)10/h3H2,1-2H3,(H,9,10). The molecule has 1 N–H and O–H groups in total. The first-order valence-electron chi connectivity index (χ1n) is 3.07. The maximum absolute atomic E-state index is 10.3. The first-order chi connectivity index (χ1) is 5.17. The van der Waals surface area contributed by atoms with Gasteiger partial charge in [-0.3, -0.25) is 0 Å². The topological polar surface area (TPSA) is 70.3 Å².